The quantitative estimate of drug-likeness (QED) is 0.830. The first-order valence-electron chi connectivity index (χ1n) is 6.75. The predicted molar refractivity (Wildman–Crippen MR) is 88.6 cm³/mol. The molecular formula is C16H14Cl2N2O3. The molecule has 0 radical (unpaired) electrons. The van der Waals surface area contributed by atoms with Gasteiger partial charge >= 0.3 is 0 Å². The van der Waals surface area contributed by atoms with Gasteiger partial charge in [-0.2, -0.15) is 0 Å². The van der Waals surface area contributed by atoms with Crippen molar-refractivity contribution in [1.82, 2.24) is 10.9 Å². The average Bonchev–Trinajstić information content (AvgIpc) is 2.54. The van der Waals surface area contributed by atoms with Gasteiger partial charge in [0.05, 0.1) is 15.6 Å². The van der Waals surface area contributed by atoms with Crippen LogP contribution in [0.1, 0.15) is 17.3 Å². The molecule has 0 fully saturated rings. The van der Waals surface area contributed by atoms with E-state index in [4.69, 9.17) is 27.9 Å². The summed E-state index contributed by atoms with van der Waals surface area (Å²) in [4.78, 5) is 23.9. The second kappa shape index (κ2) is 7.85. The number of hydrazine groups is 1. The van der Waals surface area contributed by atoms with Crippen LogP contribution in [-0.4, -0.2) is 17.9 Å². The molecular weight excluding hydrogens is 339 g/mol. The molecule has 0 aliphatic rings. The Kier molecular flexibility index (Phi) is 5.84. The SMILES string of the molecule is C[C@H](Oc1ccccc1Cl)C(=O)NNC(=O)c1ccccc1Cl. The van der Waals surface area contributed by atoms with E-state index >= 15 is 0 Å². The Hall–Kier alpha value is -2.24. The summed E-state index contributed by atoms with van der Waals surface area (Å²) in [5.74, 6) is -0.659. The second-order valence-corrected chi connectivity index (χ2v) is 5.43. The third-order valence-electron chi connectivity index (χ3n) is 2.93. The van der Waals surface area contributed by atoms with Crippen molar-refractivity contribution in [1.29, 1.82) is 0 Å². The van der Waals surface area contributed by atoms with Crippen LogP contribution in [-0.2, 0) is 4.79 Å². The number of para-hydroxylation sites is 1. The van der Waals surface area contributed by atoms with Crippen LogP contribution in [0.2, 0.25) is 10.0 Å². The zero-order chi connectivity index (χ0) is 16.8. The fourth-order valence-electron chi connectivity index (χ4n) is 1.72. The minimum atomic E-state index is -0.846. The molecule has 1 atom stereocenters. The van der Waals surface area contributed by atoms with E-state index in [0.717, 1.165) is 0 Å². The van der Waals surface area contributed by atoms with E-state index in [2.05, 4.69) is 10.9 Å². The van der Waals surface area contributed by atoms with Gasteiger partial charge in [0.25, 0.3) is 11.8 Å². The van der Waals surface area contributed by atoms with Crippen LogP contribution >= 0.6 is 23.2 Å². The van der Waals surface area contributed by atoms with Crippen molar-refractivity contribution in [3.63, 3.8) is 0 Å². The van der Waals surface area contributed by atoms with Gasteiger partial charge in [-0.1, -0.05) is 47.5 Å². The molecule has 7 heteroatoms. The van der Waals surface area contributed by atoms with Gasteiger partial charge in [0.15, 0.2) is 6.10 Å². The molecule has 0 aromatic heterocycles. The third-order valence-corrected chi connectivity index (χ3v) is 3.57. The van der Waals surface area contributed by atoms with E-state index in [0.29, 0.717) is 15.8 Å². The smallest absolute Gasteiger partial charge is 0.279 e. The van der Waals surface area contributed by atoms with Crippen molar-refractivity contribution in [2.75, 3.05) is 0 Å². The van der Waals surface area contributed by atoms with Crippen molar-refractivity contribution in [2.24, 2.45) is 0 Å². The highest BCUT2D eigenvalue weighted by atomic mass is 35.5. The van der Waals surface area contributed by atoms with Gasteiger partial charge in [-0.3, -0.25) is 20.4 Å². The lowest BCUT2D eigenvalue weighted by atomic mass is 10.2. The fraction of sp³-hybridized carbons (Fsp3) is 0.125. The van der Waals surface area contributed by atoms with Gasteiger partial charge in [-0.15, -0.1) is 0 Å². The summed E-state index contributed by atoms with van der Waals surface area (Å²) in [6.07, 6.45) is -0.846. The predicted octanol–water partition coefficient (Wildman–Crippen LogP) is 3.22. The summed E-state index contributed by atoms with van der Waals surface area (Å²) >= 11 is 11.9. The van der Waals surface area contributed by atoms with Crippen LogP contribution in [0.4, 0.5) is 0 Å². The highest BCUT2D eigenvalue weighted by Gasteiger charge is 2.17. The number of benzene rings is 2. The molecule has 2 aromatic rings. The molecule has 0 saturated heterocycles. The first-order valence-corrected chi connectivity index (χ1v) is 7.50. The molecule has 0 saturated carbocycles. The molecule has 120 valence electrons. The summed E-state index contributed by atoms with van der Waals surface area (Å²) in [7, 11) is 0. The molecule has 0 aliphatic carbocycles. The Bertz CT molecular complexity index is 722. The van der Waals surface area contributed by atoms with E-state index in [1.54, 1.807) is 55.5 Å². The molecule has 2 amide bonds. The van der Waals surface area contributed by atoms with Crippen molar-refractivity contribution < 1.29 is 14.3 Å². The minimum absolute atomic E-state index is 0.258. The van der Waals surface area contributed by atoms with E-state index < -0.39 is 17.9 Å². The van der Waals surface area contributed by atoms with Crippen LogP contribution in [0, 0.1) is 0 Å². The molecule has 0 spiro atoms. The number of hydrogen-bond acceptors (Lipinski definition) is 3. The average molecular weight is 353 g/mol. The van der Waals surface area contributed by atoms with E-state index in [-0.39, 0.29) is 5.56 Å². The number of nitrogens with one attached hydrogen (secondary N) is 2. The number of carbonyl (C=O) groups excluding carboxylic acids is 2. The second-order valence-electron chi connectivity index (χ2n) is 4.61. The number of carbonyl (C=O) groups is 2. The topological polar surface area (TPSA) is 67.4 Å². The first-order chi connectivity index (χ1) is 11.0. The van der Waals surface area contributed by atoms with Crippen LogP contribution in [0.3, 0.4) is 0 Å². The molecule has 23 heavy (non-hydrogen) atoms. The molecule has 0 aliphatic heterocycles. The number of hydrogen-bond donors (Lipinski definition) is 2. The number of rotatable bonds is 4. The molecule has 5 nitrogen and oxygen atoms in total. The van der Waals surface area contributed by atoms with E-state index in [1.165, 1.54) is 0 Å². The van der Waals surface area contributed by atoms with Crippen LogP contribution in [0.5, 0.6) is 5.75 Å². The number of amides is 2. The standard InChI is InChI=1S/C16H14Cl2N2O3/c1-10(23-14-9-5-4-8-13(14)18)15(21)19-20-16(22)11-6-2-3-7-12(11)17/h2-10H,1H3,(H,19,21)(H,20,22)/t10-/m0/s1. The highest BCUT2D eigenvalue weighted by molar-refractivity contribution is 6.33. The molecule has 0 unspecified atom stereocenters. The molecule has 2 aromatic carbocycles. The third kappa shape index (κ3) is 4.61. The normalized spacial score (nSPS) is 11.4. The first kappa shape index (κ1) is 17.1. The fourth-order valence-corrected chi connectivity index (χ4v) is 2.12. The maximum absolute atomic E-state index is 12.0. The Morgan fingerprint density at radius 2 is 1.57 bits per heavy atom. The molecule has 2 rings (SSSR count). The van der Waals surface area contributed by atoms with Gasteiger partial charge in [0.1, 0.15) is 5.75 Å². The van der Waals surface area contributed by atoms with E-state index in [1.807, 2.05) is 0 Å². The lowest BCUT2D eigenvalue weighted by molar-refractivity contribution is -0.128. The maximum Gasteiger partial charge on any atom is 0.279 e. The monoisotopic (exact) mass is 352 g/mol. The summed E-state index contributed by atoms with van der Waals surface area (Å²) < 4.78 is 5.45. The zero-order valence-electron chi connectivity index (χ0n) is 12.2. The van der Waals surface area contributed by atoms with Gasteiger partial charge in [0.2, 0.25) is 0 Å². The largest absolute Gasteiger partial charge is 0.479 e. The van der Waals surface area contributed by atoms with E-state index in [9.17, 15) is 9.59 Å². The van der Waals surface area contributed by atoms with Gasteiger partial charge in [-0.05, 0) is 31.2 Å². The van der Waals surface area contributed by atoms with Crippen molar-refractivity contribution in [3.8, 4) is 5.75 Å². The van der Waals surface area contributed by atoms with Crippen molar-refractivity contribution in [3.05, 3.63) is 64.1 Å². The van der Waals surface area contributed by atoms with Gasteiger partial charge < -0.3 is 4.74 Å². The van der Waals surface area contributed by atoms with Crippen molar-refractivity contribution in [2.45, 2.75) is 13.0 Å². The Labute approximate surface area is 143 Å². The lowest BCUT2D eigenvalue weighted by Crippen LogP contribution is -2.47. The van der Waals surface area contributed by atoms with Crippen LogP contribution < -0.4 is 15.6 Å². The Morgan fingerprint density at radius 3 is 2.22 bits per heavy atom. The van der Waals surface area contributed by atoms with Gasteiger partial charge in [0, 0.05) is 0 Å². The van der Waals surface area contributed by atoms with Crippen LogP contribution in [0.25, 0.3) is 0 Å². The summed E-state index contributed by atoms with van der Waals surface area (Å²) in [5.41, 5.74) is 4.83. The number of halogens is 2. The van der Waals surface area contributed by atoms with Crippen molar-refractivity contribution >= 4 is 35.0 Å². The van der Waals surface area contributed by atoms with Gasteiger partial charge in [-0.25, -0.2) is 0 Å². The minimum Gasteiger partial charge on any atom is -0.479 e. The van der Waals surface area contributed by atoms with Crippen LogP contribution in [0.15, 0.2) is 48.5 Å². The highest BCUT2D eigenvalue weighted by Crippen LogP contribution is 2.24. The summed E-state index contributed by atoms with van der Waals surface area (Å²) in [6, 6.07) is 13.3. The summed E-state index contributed by atoms with van der Waals surface area (Å²) in [6.45, 7) is 1.54. The molecule has 0 heterocycles. The lowest BCUT2D eigenvalue weighted by Gasteiger charge is -2.16. The maximum atomic E-state index is 12.0. The Morgan fingerprint density at radius 1 is 0.957 bits per heavy atom. The zero-order valence-corrected chi connectivity index (χ0v) is 13.7. The molecule has 2 N–H and O–H groups in total. The molecule has 0 bridgehead atoms. The summed E-state index contributed by atoms with van der Waals surface area (Å²) in [5, 5.41) is 0.687. The number of ether oxygens (including phenoxy) is 1. The Balaban J connectivity index is 1.91.